The Hall–Kier alpha value is -5.86. The third-order valence-electron chi connectivity index (χ3n) is 12.6. The molecule has 2 aliphatic heterocycles. The van der Waals surface area contributed by atoms with Crippen LogP contribution >= 0.6 is 23.2 Å². The number of para-hydroxylation sites is 4. The van der Waals surface area contributed by atoms with E-state index >= 15 is 0 Å². The molecule has 10 atom stereocenters. The number of esters is 2. The number of hydrogen-bond acceptors (Lipinski definition) is 20. The van der Waals surface area contributed by atoms with E-state index in [0.717, 1.165) is 22.1 Å². The van der Waals surface area contributed by atoms with Gasteiger partial charge >= 0.3 is 11.9 Å². The number of imidazole rings is 2. The van der Waals surface area contributed by atoms with Gasteiger partial charge in [-0.25, -0.2) is 19.6 Å². The summed E-state index contributed by atoms with van der Waals surface area (Å²) >= 11 is 13.0. The van der Waals surface area contributed by atoms with E-state index in [4.69, 9.17) is 70.6 Å². The van der Waals surface area contributed by atoms with Crippen molar-refractivity contribution in [2.24, 2.45) is 0 Å². The zero-order chi connectivity index (χ0) is 55.1. The molecule has 2 aromatic heterocycles. The first-order valence-corrected chi connectivity index (χ1v) is 24.8. The molecule has 0 saturated carbocycles. The quantitative estimate of drug-likeness (QED) is 0.0622. The van der Waals surface area contributed by atoms with Crippen LogP contribution in [0, 0.1) is 0 Å². The summed E-state index contributed by atoms with van der Waals surface area (Å²) in [5, 5.41) is 60.8. The van der Waals surface area contributed by atoms with Crippen LogP contribution in [0.2, 0.25) is 10.0 Å². The van der Waals surface area contributed by atoms with Gasteiger partial charge in [0.1, 0.15) is 61.5 Å². The van der Waals surface area contributed by atoms with Gasteiger partial charge in [-0.15, -0.1) is 0 Å². The molecule has 8 rings (SSSR count). The van der Waals surface area contributed by atoms with Crippen molar-refractivity contribution in [2.75, 3.05) is 41.7 Å². The summed E-state index contributed by atoms with van der Waals surface area (Å²) in [4.78, 5) is 35.3. The van der Waals surface area contributed by atoms with Crippen LogP contribution in [0.3, 0.4) is 0 Å². The highest BCUT2D eigenvalue weighted by atomic mass is 35.5. The lowest BCUT2D eigenvalue weighted by Gasteiger charge is -2.40. The van der Waals surface area contributed by atoms with Crippen molar-refractivity contribution < 1.29 is 87.6 Å². The van der Waals surface area contributed by atoms with E-state index in [9.17, 15) is 40.2 Å². The highest BCUT2D eigenvalue weighted by Gasteiger charge is 2.48. The number of methoxy groups -OCH3 is 4. The Kier molecular flexibility index (Phi) is 19.4. The van der Waals surface area contributed by atoms with E-state index in [1.165, 1.54) is 52.7 Å². The maximum Gasteiger partial charge on any atom is 0.338 e. The first kappa shape index (κ1) is 57.8. The number of rotatable bonds is 18. The average molecular weight is 1100 g/mol. The maximum absolute atomic E-state index is 13.0. The van der Waals surface area contributed by atoms with Crippen LogP contribution in [0.4, 0.5) is 0 Å². The molecule has 2 fully saturated rings. The van der Waals surface area contributed by atoms with Gasteiger partial charge in [0.15, 0.2) is 47.8 Å². The number of fused-ring (bicyclic) bond motifs is 2. The summed E-state index contributed by atoms with van der Waals surface area (Å²) in [6.45, 7) is 7.23. The van der Waals surface area contributed by atoms with E-state index in [1.54, 1.807) is 0 Å². The van der Waals surface area contributed by atoms with Crippen LogP contribution in [0.5, 0.6) is 23.0 Å². The summed E-state index contributed by atoms with van der Waals surface area (Å²) in [5.74, 6) is 0.374. The molecular formula is C52H62Cl2N4O18. The molecule has 24 heteroatoms. The Balaban J connectivity index is 0.000000221. The smallest absolute Gasteiger partial charge is 0.338 e. The third-order valence-corrected chi connectivity index (χ3v) is 13.1. The lowest BCUT2D eigenvalue weighted by Crippen LogP contribution is -2.60. The average Bonchev–Trinajstić information content (AvgIpc) is 3.99. The predicted molar refractivity (Wildman–Crippen MR) is 273 cm³/mol. The number of aromatic nitrogens is 4. The Labute approximate surface area is 447 Å². The Morgan fingerprint density at radius 3 is 1.43 bits per heavy atom. The topological polar surface area (TPSA) is 283 Å². The van der Waals surface area contributed by atoms with Crippen LogP contribution in [-0.2, 0) is 41.6 Å². The molecular weight excluding hydrogens is 1040 g/mol. The Morgan fingerprint density at radius 2 is 1.01 bits per heavy atom. The second-order valence-electron chi connectivity index (χ2n) is 18.1. The minimum Gasteiger partial charge on any atom is -0.493 e. The predicted octanol–water partition coefficient (Wildman–Crippen LogP) is 4.94. The van der Waals surface area contributed by atoms with Crippen molar-refractivity contribution in [3.05, 3.63) is 106 Å². The second kappa shape index (κ2) is 25.5. The van der Waals surface area contributed by atoms with E-state index in [2.05, 4.69) is 46.8 Å². The van der Waals surface area contributed by atoms with Gasteiger partial charge in [-0.05, 0) is 76.2 Å². The monoisotopic (exact) mass is 1100 g/mol. The van der Waals surface area contributed by atoms with E-state index in [1.807, 2.05) is 48.5 Å². The minimum atomic E-state index is -1.56. The summed E-state index contributed by atoms with van der Waals surface area (Å²) in [5.41, 5.74) is 3.64. The number of nitrogens with zero attached hydrogens (tertiary/aromatic N) is 4. The first-order valence-electron chi connectivity index (χ1n) is 24.0. The summed E-state index contributed by atoms with van der Waals surface area (Å²) < 4.78 is 58.4. The van der Waals surface area contributed by atoms with Crippen molar-refractivity contribution in [2.45, 2.75) is 114 Å². The Morgan fingerprint density at radius 1 is 0.592 bits per heavy atom. The molecule has 4 heterocycles. The van der Waals surface area contributed by atoms with Crippen LogP contribution in [0.1, 0.15) is 72.1 Å². The summed E-state index contributed by atoms with van der Waals surface area (Å²) in [7, 11) is 5.35. The molecule has 0 radical (unpaired) electrons. The van der Waals surface area contributed by atoms with E-state index in [-0.39, 0.29) is 69.5 Å². The largest absolute Gasteiger partial charge is 0.493 e. The second-order valence-corrected chi connectivity index (χ2v) is 19.0. The standard InChI is InChI=1S/2C26H31ClN2O9/c1-13(2)29-17-8-6-5-7-16(17)28-20(29)12-36-23-15(27)9-14(10-18(23)34-3)25(33)38-24-19(11-30)37-26(35-4)22(32)21(24)31;1-13(2)29-17-8-6-5-7-16(17)28-20(29)12-36-23-15(27)9-14(10-18(23)34-3)25(33)38-24-21(31)19(11-30)37-26(35-4)22(24)32/h2*5-10,13,19,21-22,24,26,30-32H,11-12H2,1-4H3/t19-,21-,22-,24-,26+;19-,21-,22-,24+,26+/m11/s1. The van der Waals surface area contributed by atoms with Crippen molar-refractivity contribution in [1.29, 1.82) is 0 Å². The Bertz CT molecular complexity index is 2940. The van der Waals surface area contributed by atoms with Crippen LogP contribution < -0.4 is 18.9 Å². The van der Waals surface area contributed by atoms with Crippen molar-refractivity contribution in [1.82, 2.24) is 19.1 Å². The van der Waals surface area contributed by atoms with Crippen LogP contribution in [0.15, 0.2) is 72.8 Å². The fourth-order valence-corrected chi connectivity index (χ4v) is 9.47. The fraction of sp³-hybridized carbons (Fsp3) is 0.462. The zero-order valence-corrected chi connectivity index (χ0v) is 44.3. The van der Waals surface area contributed by atoms with Crippen molar-refractivity contribution >= 4 is 57.2 Å². The van der Waals surface area contributed by atoms with Gasteiger partial charge in [0.05, 0.1) is 70.7 Å². The van der Waals surface area contributed by atoms with Gasteiger partial charge in [-0.2, -0.15) is 0 Å². The summed E-state index contributed by atoms with van der Waals surface area (Å²) in [6.07, 6.45) is -13.5. The number of carbonyl (C=O) groups excluding carboxylic acids is 2. The minimum absolute atomic E-state index is 0.000800. The summed E-state index contributed by atoms with van der Waals surface area (Å²) in [6, 6.07) is 21.3. The lowest BCUT2D eigenvalue weighted by atomic mass is 9.99. The SMILES string of the molecule is COc1cc(C(=O)O[C@@H]2[C@@H](O)[C@@H](OC)O[C@H](CO)[C@H]2O)cc(Cl)c1OCc1nc2ccccc2n1C(C)C.COc1cc(C(=O)O[C@H]2[C@H](O)[C@@H](O)[C@@H](OC)O[C@@H]2CO)cc(Cl)c1OCc1nc2ccccc2n1C(C)C. The van der Waals surface area contributed by atoms with Crippen molar-refractivity contribution in [3.8, 4) is 23.0 Å². The molecule has 0 amide bonds. The van der Waals surface area contributed by atoms with E-state index in [0.29, 0.717) is 11.6 Å². The molecule has 4 aromatic carbocycles. The first-order chi connectivity index (χ1) is 36.4. The number of aliphatic hydroxyl groups excluding tert-OH is 6. The molecule has 0 bridgehead atoms. The molecule has 2 aliphatic rings. The van der Waals surface area contributed by atoms with Gasteiger partial charge in [-0.3, -0.25) is 0 Å². The number of aliphatic hydroxyl groups is 6. The molecule has 0 aliphatic carbocycles. The van der Waals surface area contributed by atoms with E-state index < -0.39 is 86.6 Å². The number of halogens is 2. The third kappa shape index (κ3) is 12.3. The normalized spacial score (nSPS) is 23.6. The molecule has 0 spiro atoms. The molecule has 6 N–H and O–H groups in total. The number of hydrogen-bond donors (Lipinski definition) is 6. The van der Waals surface area contributed by atoms with Crippen LogP contribution in [0.25, 0.3) is 22.1 Å². The molecule has 0 unspecified atom stereocenters. The van der Waals surface area contributed by atoms with Crippen LogP contribution in [-0.4, -0.2) is 165 Å². The molecule has 76 heavy (non-hydrogen) atoms. The highest BCUT2D eigenvalue weighted by molar-refractivity contribution is 6.33. The zero-order valence-electron chi connectivity index (χ0n) is 42.8. The maximum atomic E-state index is 13.0. The molecule has 412 valence electrons. The number of carbonyl (C=O) groups is 2. The van der Waals surface area contributed by atoms with Gasteiger partial charge in [0.25, 0.3) is 0 Å². The van der Waals surface area contributed by atoms with Gasteiger partial charge in [0, 0.05) is 26.3 Å². The number of ether oxygens (including phenoxy) is 10. The van der Waals surface area contributed by atoms with Gasteiger partial charge < -0.3 is 87.1 Å². The van der Waals surface area contributed by atoms with Gasteiger partial charge in [-0.1, -0.05) is 47.5 Å². The molecule has 22 nitrogen and oxygen atoms in total. The number of benzene rings is 4. The highest BCUT2D eigenvalue weighted by Crippen LogP contribution is 2.40. The fourth-order valence-electron chi connectivity index (χ4n) is 8.94. The molecule has 2 saturated heterocycles. The lowest BCUT2D eigenvalue weighted by molar-refractivity contribution is -0.293. The van der Waals surface area contributed by atoms with Gasteiger partial charge in [0.2, 0.25) is 0 Å². The van der Waals surface area contributed by atoms with Crippen molar-refractivity contribution in [3.63, 3.8) is 0 Å². The molecule has 6 aromatic rings.